The predicted molar refractivity (Wildman–Crippen MR) is 96.1 cm³/mol. The van der Waals surface area contributed by atoms with E-state index in [0.717, 1.165) is 17.0 Å². The smallest absolute Gasteiger partial charge is 0.266 e. The topological polar surface area (TPSA) is 115 Å². The summed E-state index contributed by atoms with van der Waals surface area (Å²) in [5.41, 5.74) is 8.35. The molecular formula is C14H23Cl2N5O3. The zero-order valence-corrected chi connectivity index (χ0v) is 15.4. The Labute approximate surface area is 152 Å². The molecule has 2 aromatic rings. The zero-order chi connectivity index (χ0) is 16.3. The van der Waals surface area contributed by atoms with Crippen molar-refractivity contribution in [3.8, 4) is 0 Å². The van der Waals surface area contributed by atoms with E-state index in [1.807, 2.05) is 13.8 Å². The molecule has 1 amide bonds. The van der Waals surface area contributed by atoms with Gasteiger partial charge in [-0.05, 0) is 13.8 Å². The van der Waals surface area contributed by atoms with Gasteiger partial charge in [-0.2, -0.15) is 0 Å². The minimum atomic E-state index is -0.288. The largest absolute Gasteiger partial charge is 0.380 e. The van der Waals surface area contributed by atoms with E-state index in [1.54, 1.807) is 4.52 Å². The van der Waals surface area contributed by atoms with Gasteiger partial charge in [-0.3, -0.25) is 14.7 Å². The quantitative estimate of drug-likeness (QED) is 0.674. The Morgan fingerprint density at radius 3 is 2.71 bits per heavy atom. The van der Waals surface area contributed by atoms with Crippen LogP contribution in [0.4, 0.5) is 0 Å². The van der Waals surface area contributed by atoms with Crippen LogP contribution in [0.15, 0.2) is 10.9 Å². The number of amides is 1. The number of carbonyl (C=O) groups excluding carboxylic acids is 1. The molecule has 0 aliphatic heterocycles. The summed E-state index contributed by atoms with van der Waals surface area (Å²) < 4.78 is 6.71. The van der Waals surface area contributed by atoms with Gasteiger partial charge in [0, 0.05) is 43.2 Å². The number of methoxy groups -OCH3 is 1. The molecule has 0 saturated carbocycles. The first kappa shape index (κ1) is 22.4. The number of hydrogen-bond acceptors (Lipinski definition) is 5. The van der Waals surface area contributed by atoms with Gasteiger partial charge in [0.25, 0.3) is 5.56 Å². The number of nitrogens with zero attached hydrogens (tertiary/aromatic N) is 2. The van der Waals surface area contributed by atoms with Crippen LogP contribution in [0.2, 0.25) is 0 Å². The first-order valence-corrected chi connectivity index (χ1v) is 7.03. The third-order valence-corrected chi connectivity index (χ3v) is 3.67. The molecule has 0 aromatic carbocycles. The summed E-state index contributed by atoms with van der Waals surface area (Å²) in [5, 5.41) is 5.51. The Hall–Kier alpha value is -1.61. The number of ether oxygens (including phenoxy) is 1. The molecule has 8 nitrogen and oxygen atoms in total. The van der Waals surface area contributed by atoms with Gasteiger partial charge in [0.1, 0.15) is 0 Å². The Kier molecular flexibility index (Phi) is 8.98. The van der Waals surface area contributed by atoms with Crippen LogP contribution < -0.4 is 16.6 Å². The number of halogens is 2. The van der Waals surface area contributed by atoms with Crippen LogP contribution in [0.25, 0.3) is 5.65 Å². The van der Waals surface area contributed by atoms with Gasteiger partial charge in [-0.1, -0.05) is 0 Å². The lowest BCUT2D eigenvalue weighted by atomic mass is 10.1. The van der Waals surface area contributed by atoms with E-state index in [0.29, 0.717) is 18.7 Å². The number of rotatable bonds is 6. The number of hydrogen-bond donors (Lipinski definition) is 3. The molecule has 4 N–H and O–H groups in total. The maximum atomic E-state index is 11.9. The van der Waals surface area contributed by atoms with Crippen LogP contribution in [0, 0.1) is 13.8 Å². The number of fused-ring (bicyclic) bond motifs is 1. The normalized spacial score (nSPS) is 11.5. The molecule has 1 unspecified atom stereocenters. The van der Waals surface area contributed by atoms with Gasteiger partial charge in [0.05, 0.1) is 12.5 Å². The summed E-state index contributed by atoms with van der Waals surface area (Å²) in [5.74, 6) is -0.141. The van der Waals surface area contributed by atoms with Crippen molar-refractivity contribution in [1.82, 2.24) is 19.9 Å². The Balaban J connectivity index is 0.00000264. The molecule has 2 aromatic heterocycles. The highest BCUT2D eigenvalue weighted by molar-refractivity contribution is 5.85. The number of H-pyrrole nitrogens is 1. The van der Waals surface area contributed by atoms with Crippen LogP contribution in [-0.2, 0) is 16.1 Å². The minimum absolute atomic E-state index is 0. The first-order valence-electron chi connectivity index (χ1n) is 7.03. The van der Waals surface area contributed by atoms with Crippen molar-refractivity contribution in [3.63, 3.8) is 0 Å². The van der Waals surface area contributed by atoms with Gasteiger partial charge in [-0.15, -0.1) is 24.8 Å². The van der Waals surface area contributed by atoms with E-state index >= 15 is 0 Å². The van der Waals surface area contributed by atoms with E-state index < -0.39 is 0 Å². The van der Waals surface area contributed by atoms with Gasteiger partial charge in [-0.25, -0.2) is 9.50 Å². The highest BCUT2D eigenvalue weighted by atomic mass is 35.5. The summed E-state index contributed by atoms with van der Waals surface area (Å²) in [6, 6.07) is 1.44. The van der Waals surface area contributed by atoms with E-state index in [4.69, 9.17) is 10.5 Å². The highest BCUT2D eigenvalue weighted by Gasteiger charge is 2.14. The molecule has 10 heteroatoms. The number of nitrogens with two attached hydrogens (primary N) is 1. The number of carbonyl (C=O) groups is 1. The third-order valence-electron chi connectivity index (χ3n) is 3.67. The molecule has 0 saturated heterocycles. The lowest BCUT2D eigenvalue weighted by Crippen LogP contribution is -2.32. The molecule has 1 atom stereocenters. The number of aryl methyl sites for hydroxylation is 2. The summed E-state index contributed by atoms with van der Waals surface area (Å²) in [6.45, 7) is 4.35. The average Bonchev–Trinajstić information content (AvgIpc) is 2.85. The van der Waals surface area contributed by atoms with Crippen molar-refractivity contribution < 1.29 is 9.53 Å². The van der Waals surface area contributed by atoms with Gasteiger partial charge in [0.15, 0.2) is 5.65 Å². The minimum Gasteiger partial charge on any atom is -0.380 e. The molecule has 2 heterocycles. The summed E-state index contributed by atoms with van der Waals surface area (Å²) in [4.78, 5) is 27.7. The monoisotopic (exact) mass is 379 g/mol. The van der Waals surface area contributed by atoms with Gasteiger partial charge in [0.2, 0.25) is 5.91 Å². The second-order valence-corrected chi connectivity index (χ2v) is 5.15. The van der Waals surface area contributed by atoms with Crippen molar-refractivity contribution in [2.45, 2.75) is 32.9 Å². The molecule has 0 bridgehead atoms. The lowest BCUT2D eigenvalue weighted by Gasteiger charge is -2.15. The molecule has 0 spiro atoms. The van der Waals surface area contributed by atoms with E-state index in [-0.39, 0.29) is 48.8 Å². The molecule has 0 radical (unpaired) electrons. The van der Waals surface area contributed by atoms with Crippen LogP contribution in [-0.4, -0.2) is 40.3 Å². The zero-order valence-electron chi connectivity index (χ0n) is 13.8. The second kappa shape index (κ2) is 9.63. The summed E-state index contributed by atoms with van der Waals surface area (Å²) in [7, 11) is 1.53. The fraction of sp³-hybridized carbons (Fsp3) is 0.500. The van der Waals surface area contributed by atoms with Gasteiger partial charge < -0.3 is 15.8 Å². The van der Waals surface area contributed by atoms with E-state index in [9.17, 15) is 9.59 Å². The standard InChI is InChI=1S/C14H21N5O3.2ClH/c1-8-11(7-16-13(20)4-10(6-15)22-3)9(2)19-12(17-8)5-14(21)18-19;;/h5,10H,4,6-7,15H2,1-3H3,(H,16,20)(H,18,21);2*1H. The van der Waals surface area contributed by atoms with Crippen molar-refractivity contribution in [1.29, 1.82) is 0 Å². The van der Waals surface area contributed by atoms with Gasteiger partial charge >= 0.3 is 0 Å². The van der Waals surface area contributed by atoms with Crippen LogP contribution in [0.3, 0.4) is 0 Å². The van der Waals surface area contributed by atoms with Crippen molar-refractivity contribution in [2.75, 3.05) is 13.7 Å². The third kappa shape index (κ3) is 4.94. The molecule has 2 rings (SSSR count). The molecule has 136 valence electrons. The van der Waals surface area contributed by atoms with Crippen LogP contribution in [0.1, 0.15) is 23.4 Å². The average molecular weight is 380 g/mol. The Morgan fingerprint density at radius 1 is 1.46 bits per heavy atom. The van der Waals surface area contributed by atoms with Crippen molar-refractivity contribution in [2.24, 2.45) is 5.73 Å². The van der Waals surface area contributed by atoms with Crippen LogP contribution >= 0.6 is 24.8 Å². The predicted octanol–water partition coefficient (Wildman–Crippen LogP) is 0.463. The Morgan fingerprint density at radius 2 is 2.12 bits per heavy atom. The number of aromatic nitrogens is 3. The van der Waals surface area contributed by atoms with Crippen molar-refractivity contribution >= 4 is 36.4 Å². The number of nitrogens with one attached hydrogen (secondary N) is 2. The molecule has 24 heavy (non-hydrogen) atoms. The SMILES string of the molecule is COC(CN)CC(=O)NCc1c(C)nc2cc(=O)[nH]n2c1C.Cl.Cl. The highest BCUT2D eigenvalue weighted by Crippen LogP contribution is 2.12. The number of aromatic amines is 1. The second-order valence-electron chi connectivity index (χ2n) is 5.15. The Bertz CT molecular complexity index is 740. The summed E-state index contributed by atoms with van der Waals surface area (Å²) in [6.07, 6.45) is -0.0789. The fourth-order valence-corrected chi connectivity index (χ4v) is 2.34. The first-order chi connectivity index (χ1) is 10.5. The molecule has 0 aliphatic rings. The van der Waals surface area contributed by atoms with Crippen molar-refractivity contribution in [3.05, 3.63) is 33.4 Å². The molecule has 0 aliphatic carbocycles. The maximum Gasteiger partial charge on any atom is 0.266 e. The maximum absolute atomic E-state index is 11.9. The van der Waals surface area contributed by atoms with E-state index in [1.165, 1.54) is 13.2 Å². The lowest BCUT2D eigenvalue weighted by molar-refractivity contribution is -0.123. The van der Waals surface area contributed by atoms with E-state index in [2.05, 4.69) is 15.4 Å². The summed E-state index contributed by atoms with van der Waals surface area (Å²) >= 11 is 0. The fourth-order valence-electron chi connectivity index (χ4n) is 2.34. The van der Waals surface area contributed by atoms with Crippen LogP contribution in [0.5, 0.6) is 0 Å². The molecule has 0 fully saturated rings. The molecular weight excluding hydrogens is 357 g/mol.